The van der Waals surface area contributed by atoms with E-state index in [1.165, 1.54) is 0 Å². The number of aromatic hydroxyl groups is 1. The predicted molar refractivity (Wildman–Crippen MR) is 68.0 cm³/mol. The van der Waals surface area contributed by atoms with Crippen LogP contribution in [-0.2, 0) is 6.42 Å². The Morgan fingerprint density at radius 1 is 1.11 bits per heavy atom. The fraction of sp³-hybridized carbons (Fsp3) is 0.385. The summed E-state index contributed by atoms with van der Waals surface area (Å²) in [4.78, 5) is 4.32. The van der Waals surface area contributed by atoms with Crippen LogP contribution in [0.3, 0.4) is 0 Å². The van der Waals surface area contributed by atoms with E-state index in [1.54, 1.807) is 24.3 Å². The van der Waals surface area contributed by atoms with Crippen molar-refractivity contribution in [3.63, 3.8) is 0 Å². The highest BCUT2D eigenvalue weighted by molar-refractivity contribution is 5.55. The van der Waals surface area contributed by atoms with Gasteiger partial charge in [0.25, 0.3) is 0 Å². The maximum Gasteiger partial charge on any atom is 0.226 e. The van der Waals surface area contributed by atoms with Crippen molar-refractivity contribution in [2.45, 2.75) is 25.7 Å². The van der Waals surface area contributed by atoms with Crippen LogP contribution in [0, 0.1) is 0 Å². The lowest BCUT2D eigenvalue weighted by Gasteiger charge is -1.95. The van der Waals surface area contributed by atoms with Gasteiger partial charge in [0.2, 0.25) is 11.7 Å². The second-order valence-electron chi connectivity index (χ2n) is 4.16. The molecule has 96 valence electrons. The number of hydrogen-bond acceptors (Lipinski definition) is 5. The number of unbranched alkanes of at least 4 members (excludes halogenated alkanes) is 2. The number of aryl methyl sites for hydroxylation is 1. The Labute approximate surface area is 106 Å². The Morgan fingerprint density at radius 2 is 1.89 bits per heavy atom. The topological polar surface area (TPSA) is 85.2 Å². The van der Waals surface area contributed by atoms with E-state index in [2.05, 4.69) is 10.1 Å². The van der Waals surface area contributed by atoms with Crippen LogP contribution in [0.2, 0.25) is 0 Å². The highest BCUT2D eigenvalue weighted by Gasteiger charge is 2.08. The average Bonchev–Trinajstić information content (AvgIpc) is 2.84. The van der Waals surface area contributed by atoms with Gasteiger partial charge in [-0.1, -0.05) is 11.6 Å². The van der Waals surface area contributed by atoms with E-state index in [0.29, 0.717) is 11.7 Å². The molecule has 0 aliphatic carbocycles. The Balaban J connectivity index is 1.95. The molecule has 0 saturated carbocycles. The number of nitrogens with zero attached hydrogens (tertiary/aromatic N) is 2. The number of benzene rings is 1. The third-order valence-corrected chi connectivity index (χ3v) is 2.69. The monoisotopic (exact) mass is 247 g/mol. The summed E-state index contributed by atoms with van der Waals surface area (Å²) in [5.74, 6) is 1.43. The summed E-state index contributed by atoms with van der Waals surface area (Å²) in [6.45, 7) is 0.725. The number of rotatable bonds is 6. The summed E-state index contributed by atoms with van der Waals surface area (Å²) in [5.41, 5.74) is 6.27. The first-order chi connectivity index (χ1) is 8.79. The summed E-state index contributed by atoms with van der Waals surface area (Å²) in [5, 5.41) is 13.1. The minimum atomic E-state index is 0.226. The normalized spacial score (nSPS) is 10.7. The molecule has 0 bridgehead atoms. The van der Waals surface area contributed by atoms with E-state index in [-0.39, 0.29) is 5.75 Å². The van der Waals surface area contributed by atoms with Crippen LogP contribution < -0.4 is 5.73 Å². The molecular formula is C13H17N3O2. The molecule has 0 spiro atoms. The first-order valence-corrected chi connectivity index (χ1v) is 6.11. The average molecular weight is 247 g/mol. The zero-order chi connectivity index (χ0) is 12.8. The third kappa shape index (κ3) is 3.30. The van der Waals surface area contributed by atoms with E-state index >= 15 is 0 Å². The van der Waals surface area contributed by atoms with Gasteiger partial charge in [-0.3, -0.25) is 0 Å². The minimum absolute atomic E-state index is 0.226. The molecule has 0 fully saturated rings. The van der Waals surface area contributed by atoms with Gasteiger partial charge in [-0.25, -0.2) is 0 Å². The number of nitrogens with two attached hydrogens (primary N) is 1. The summed E-state index contributed by atoms with van der Waals surface area (Å²) in [6, 6.07) is 6.73. The Kier molecular flexibility index (Phi) is 4.30. The lowest BCUT2D eigenvalue weighted by Crippen LogP contribution is -1.98. The molecule has 0 aliphatic heterocycles. The second kappa shape index (κ2) is 6.16. The molecule has 2 rings (SSSR count). The number of hydrogen-bond donors (Lipinski definition) is 2. The van der Waals surface area contributed by atoms with Gasteiger partial charge in [-0.05, 0) is 43.7 Å². The van der Waals surface area contributed by atoms with Gasteiger partial charge in [-0.15, -0.1) is 0 Å². The summed E-state index contributed by atoms with van der Waals surface area (Å²) in [7, 11) is 0. The lowest BCUT2D eigenvalue weighted by atomic mass is 10.2. The molecule has 0 saturated heterocycles. The van der Waals surface area contributed by atoms with Gasteiger partial charge in [0.1, 0.15) is 5.75 Å². The van der Waals surface area contributed by atoms with Crippen molar-refractivity contribution in [3.05, 3.63) is 30.2 Å². The fourth-order valence-electron chi connectivity index (χ4n) is 1.68. The standard InChI is InChI=1S/C13H17N3O2/c14-9-3-1-2-4-12-15-13(16-18-12)10-5-7-11(17)8-6-10/h5-8,17H,1-4,9,14H2. The number of phenols is 1. The Hall–Kier alpha value is -1.88. The van der Waals surface area contributed by atoms with Gasteiger partial charge in [0, 0.05) is 12.0 Å². The first-order valence-electron chi connectivity index (χ1n) is 6.11. The maximum atomic E-state index is 9.20. The fourth-order valence-corrected chi connectivity index (χ4v) is 1.68. The van der Waals surface area contributed by atoms with Crippen molar-refractivity contribution in [3.8, 4) is 17.1 Å². The molecule has 1 aromatic heterocycles. The van der Waals surface area contributed by atoms with Crippen molar-refractivity contribution < 1.29 is 9.63 Å². The second-order valence-corrected chi connectivity index (χ2v) is 4.16. The zero-order valence-electron chi connectivity index (χ0n) is 10.2. The van der Waals surface area contributed by atoms with Crippen LogP contribution in [0.5, 0.6) is 5.75 Å². The smallest absolute Gasteiger partial charge is 0.226 e. The van der Waals surface area contributed by atoms with Crippen LogP contribution in [0.25, 0.3) is 11.4 Å². The van der Waals surface area contributed by atoms with Crippen LogP contribution in [0.15, 0.2) is 28.8 Å². The Bertz CT molecular complexity index is 479. The summed E-state index contributed by atoms with van der Waals surface area (Å²) >= 11 is 0. The molecule has 1 heterocycles. The van der Waals surface area contributed by atoms with Crippen LogP contribution in [-0.4, -0.2) is 21.8 Å². The molecule has 0 atom stereocenters. The number of aromatic nitrogens is 2. The molecule has 3 N–H and O–H groups in total. The first kappa shape index (κ1) is 12.6. The van der Waals surface area contributed by atoms with Gasteiger partial charge in [-0.2, -0.15) is 4.98 Å². The minimum Gasteiger partial charge on any atom is -0.508 e. The third-order valence-electron chi connectivity index (χ3n) is 2.69. The maximum absolute atomic E-state index is 9.20. The molecule has 0 unspecified atom stereocenters. The highest BCUT2D eigenvalue weighted by Crippen LogP contribution is 2.19. The zero-order valence-corrected chi connectivity index (χ0v) is 10.2. The van der Waals surface area contributed by atoms with Gasteiger partial charge < -0.3 is 15.4 Å². The van der Waals surface area contributed by atoms with Crippen molar-refractivity contribution in [2.75, 3.05) is 6.54 Å². The summed E-state index contributed by atoms with van der Waals surface area (Å²) < 4.78 is 5.17. The van der Waals surface area contributed by atoms with Crippen LogP contribution in [0.4, 0.5) is 0 Å². The van der Waals surface area contributed by atoms with Crippen molar-refractivity contribution >= 4 is 0 Å². The van der Waals surface area contributed by atoms with E-state index in [9.17, 15) is 5.11 Å². The number of phenolic OH excluding ortho intramolecular Hbond substituents is 1. The van der Waals surface area contributed by atoms with Crippen LogP contribution in [0.1, 0.15) is 25.2 Å². The molecule has 1 aromatic carbocycles. The van der Waals surface area contributed by atoms with Crippen molar-refractivity contribution in [2.24, 2.45) is 5.73 Å². The highest BCUT2D eigenvalue weighted by atomic mass is 16.5. The van der Waals surface area contributed by atoms with Crippen molar-refractivity contribution in [1.29, 1.82) is 0 Å². The van der Waals surface area contributed by atoms with Crippen LogP contribution >= 0.6 is 0 Å². The molecular weight excluding hydrogens is 230 g/mol. The Morgan fingerprint density at radius 3 is 2.61 bits per heavy atom. The molecule has 2 aromatic rings. The molecule has 0 radical (unpaired) electrons. The SMILES string of the molecule is NCCCCCc1nc(-c2ccc(O)cc2)no1. The predicted octanol–water partition coefficient (Wildman–Crippen LogP) is 2.11. The lowest BCUT2D eigenvalue weighted by molar-refractivity contribution is 0.374. The van der Waals surface area contributed by atoms with Gasteiger partial charge in [0.05, 0.1) is 0 Å². The summed E-state index contributed by atoms with van der Waals surface area (Å²) in [6.07, 6.45) is 3.89. The molecule has 5 nitrogen and oxygen atoms in total. The van der Waals surface area contributed by atoms with Gasteiger partial charge >= 0.3 is 0 Å². The molecule has 5 heteroatoms. The van der Waals surface area contributed by atoms with E-state index in [4.69, 9.17) is 10.3 Å². The molecule has 0 aliphatic rings. The van der Waals surface area contributed by atoms with E-state index in [0.717, 1.165) is 37.8 Å². The largest absolute Gasteiger partial charge is 0.508 e. The van der Waals surface area contributed by atoms with E-state index in [1.807, 2.05) is 0 Å². The van der Waals surface area contributed by atoms with E-state index < -0.39 is 0 Å². The quantitative estimate of drug-likeness (QED) is 0.764. The molecule has 18 heavy (non-hydrogen) atoms. The van der Waals surface area contributed by atoms with Crippen molar-refractivity contribution in [1.82, 2.24) is 10.1 Å². The van der Waals surface area contributed by atoms with Gasteiger partial charge in [0.15, 0.2) is 0 Å². The molecule has 0 amide bonds.